The zero-order chi connectivity index (χ0) is 13.6. The van der Waals surface area contributed by atoms with Gasteiger partial charge < -0.3 is 5.11 Å². The molecule has 0 aliphatic heterocycles. The molecule has 0 aromatic rings. The van der Waals surface area contributed by atoms with E-state index in [1.54, 1.807) is 11.1 Å². The average Bonchev–Trinajstić information content (AvgIpc) is 2.75. The molecule has 0 aromatic heterocycles. The Kier molecular flexibility index (Phi) is 3.38. The van der Waals surface area contributed by atoms with E-state index in [0.29, 0.717) is 22.7 Å². The first-order valence-corrected chi connectivity index (χ1v) is 7.30. The number of hydrogen-bond donors (Lipinski definition) is 1. The quantitative estimate of drug-likeness (QED) is 0.534. The van der Waals surface area contributed by atoms with E-state index < -0.39 is 0 Å². The van der Waals surface area contributed by atoms with E-state index >= 15 is 0 Å². The lowest BCUT2D eigenvalue weighted by Crippen LogP contribution is -2.21. The molecule has 1 saturated carbocycles. The average molecular weight is 248 g/mol. The number of hydrogen-bond acceptors (Lipinski definition) is 1. The predicted octanol–water partition coefficient (Wildman–Crippen LogP) is 5.25. The molecule has 1 unspecified atom stereocenters. The third-order valence-electron chi connectivity index (χ3n) is 5.54. The molecule has 0 saturated heterocycles. The normalized spacial score (nSPS) is 34.1. The Balaban J connectivity index is 2.15. The summed E-state index contributed by atoms with van der Waals surface area (Å²) in [6.07, 6.45) is 8.40. The highest BCUT2D eigenvalue weighted by Crippen LogP contribution is 2.63. The highest BCUT2D eigenvalue weighted by molar-refractivity contribution is 5.27. The van der Waals surface area contributed by atoms with Crippen LogP contribution in [0.2, 0.25) is 0 Å². The van der Waals surface area contributed by atoms with Gasteiger partial charge in [0.15, 0.2) is 0 Å². The van der Waals surface area contributed by atoms with Crippen LogP contribution in [-0.2, 0) is 0 Å². The van der Waals surface area contributed by atoms with Crippen LogP contribution in [0.15, 0.2) is 23.5 Å². The number of aliphatic hydroxyl groups is 1. The molecule has 1 N–H and O–H groups in total. The van der Waals surface area contributed by atoms with Crippen LogP contribution in [0.3, 0.4) is 0 Å². The molecule has 102 valence electrons. The Bertz CT molecular complexity index is 384. The lowest BCUT2D eigenvalue weighted by Gasteiger charge is -2.35. The lowest BCUT2D eigenvalue weighted by molar-refractivity contribution is 0.344. The maximum Gasteiger partial charge on any atom is 0.0754 e. The molecule has 1 heteroatoms. The summed E-state index contributed by atoms with van der Waals surface area (Å²) in [6.45, 7) is 11.8. The topological polar surface area (TPSA) is 20.2 Å². The molecule has 2 atom stereocenters. The summed E-state index contributed by atoms with van der Waals surface area (Å²) in [4.78, 5) is 0. The van der Waals surface area contributed by atoms with Gasteiger partial charge in [0.1, 0.15) is 0 Å². The van der Waals surface area contributed by atoms with Crippen molar-refractivity contribution in [2.45, 2.75) is 60.3 Å². The second kappa shape index (κ2) is 4.43. The highest BCUT2D eigenvalue weighted by Gasteiger charge is 2.56. The van der Waals surface area contributed by atoms with E-state index in [1.807, 2.05) is 6.08 Å². The van der Waals surface area contributed by atoms with Crippen LogP contribution in [0.4, 0.5) is 0 Å². The van der Waals surface area contributed by atoms with Crippen LogP contribution in [-0.4, -0.2) is 5.11 Å². The number of allylic oxidation sites excluding steroid dienone is 3. The van der Waals surface area contributed by atoms with Gasteiger partial charge in [-0.2, -0.15) is 0 Å². The molecule has 0 amide bonds. The molecule has 1 fully saturated rings. The third kappa shape index (κ3) is 2.24. The summed E-state index contributed by atoms with van der Waals surface area (Å²) in [5, 5.41) is 8.99. The molecule has 0 radical (unpaired) electrons. The Morgan fingerprint density at radius 1 is 1.28 bits per heavy atom. The first-order valence-electron chi connectivity index (χ1n) is 7.30. The van der Waals surface area contributed by atoms with Gasteiger partial charge in [0, 0.05) is 0 Å². The van der Waals surface area contributed by atoms with Crippen LogP contribution in [0.5, 0.6) is 0 Å². The third-order valence-corrected chi connectivity index (χ3v) is 5.54. The summed E-state index contributed by atoms with van der Waals surface area (Å²) in [5.74, 6) is 1.27. The van der Waals surface area contributed by atoms with Gasteiger partial charge >= 0.3 is 0 Å². The molecular formula is C17H28O. The zero-order valence-electron chi connectivity index (χ0n) is 12.6. The summed E-state index contributed by atoms with van der Waals surface area (Å²) in [5.41, 5.74) is 4.07. The van der Waals surface area contributed by atoms with Gasteiger partial charge in [0.2, 0.25) is 0 Å². The summed E-state index contributed by atoms with van der Waals surface area (Å²) >= 11 is 0. The lowest BCUT2D eigenvalue weighted by atomic mass is 9.70. The van der Waals surface area contributed by atoms with Crippen LogP contribution < -0.4 is 0 Å². The molecule has 2 aliphatic carbocycles. The van der Waals surface area contributed by atoms with Gasteiger partial charge in [-0.25, -0.2) is 0 Å². The number of aliphatic hydroxyl groups excluding tert-OH is 1. The Hall–Kier alpha value is -0.720. The zero-order valence-corrected chi connectivity index (χ0v) is 12.6. The molecule has 0 spiro atoms. The van der Waals surface area contributed by atoms with Crippen molar-refractivity contribution >= 4 is 0 Å². The first kappa shape index (κ1) is 13.7. The molecule has 0 aromatic carbocycles. The van der Waals surface area contributed by atoms with Crippen molar-refractivity contribution in [1.29, 1.82) is 0 Å². The summed E-state index contributed by atoms with van der Waals surface area (Å²) in [7, 11) is 0. The van der Waals surface area contributed by atoms with Gasteiger partial charge in [-0.1, -0.05) is 38.8 Å². The standard InChI is InChI=1S/C17H28O/c1-12-7-6-9-16(2,3)14(12)11-15-13(8-10-18)17(15,4)5/h8,10,13,15,18H,6-7,9,11H2,1-5H3/b10-8+/t13?,15-/m1/s1. The monoisotopic (exact) mass is 248 g/mol. The van der Waals surface area contributed by atoms with Gasteiger partial charge in [-0.3, -0.25) is 0 Å². The minimum absolute atomic E-state index is 0.361. The Labute approximate surface area is 112 Å². The van der Waals surface area contributed by atoms with Gasteiger partial charge in [0.05, 0.1) is 6.26 Å². The molecule has 2 aliphatic rings. The number of rotatable bonds is 3. The maximum atomic E-state index is 8.99. The fourth-order valence-corrected chi connectivity index (χ4v) is 4.00. The fraction of sp³-hybridized carbons (Fsp3) is 0.765. The summed E-state index contributed by atoms with van der Waals surface area (Å²) in [6, 6.07) is 0. The predicted molar refractivity (Wildman–Crippen MR) is 77.5 cm³/mol. The Morgan fingerprint density at radius 2 is 1.94 bits per heavy atom. The Morgan fingerprint density at radius 3 is 2.50 bits per heavy atom. The minimum Gasteiger partial charge on any atom is -0.516 e. The van der Waals surface area contributed by atoms with E-state index in [4.69, 9.17) is 5.11 Å². The van der Waals surface area contributed by atoms with Gasteiger partial charge in [-0.15, -0.1) is 0 Å². The van der Waals surface area contributed by atoms with Gasteiger partial charge in [-0.05, 0) is 61.3 Å². The smallest absolute Gasteiger partial charge is 0.0754 e. The largest absolute Gasteiger partial charge is 0.516 e. The van der Waals surface area contributed by atoms with E-state index in [9.17, 15) is 0 Å². The van der Waals surface area contributed by atoms with E-state index in [1.165, 1.54) is 31.9 Å². The van der Waals surface area contributed by atoms with E-state index in [2.05, 4.69) is 34.6 Å². The minimum atomic E-state index is 0.361. The fourth-order valence-electron chi connectivity index (χ4n) is 4.00. The van der Waals surface area contributed by atoms with E-state index in [-0.39, 0.29) is 0 Å². The maximum absolute atomic E-state index is 8.99. The molecule has 1 nitrogen and oxygen atoms in total. The van der Waals surface area contributed by atoms with Crippen molar-refractivity contribution in [2.24, 2.45) is 22.7 Å². The van der Waals surface area contributed by atoms with Crippen molar-refractivity contribution in [2.75, 3.05) is 0 Å². The van der Waals surface area contributed by atoms with Crippen molar-refractivity contribution in [3.8, 4) is 0 Å². The second-order valence-corrected chi connectivity index (χ2v) is 7.50. The second-order valence-electron chi connectivity index (χ2n) is 7.50. The van der Waals surface area contributed by atoms with Crippen molar-refractivity contribution in [3.05, 3.63) is 23.5 Å². The van der Waals surface area contributed by atoms with Crippen LogP contribution >= 0.6 is 0 Å². The first-order chi connectivity index (χ1) is 8.30. The molecule has 18 heavy (non-hydrogen) atoms. The van der Waals surface area contributed by atoms with Gasteiger partial charge in [0.25, 0.3) is 0 Å². The van der Waals surface area contributed by atoms with Crippen molar-refractivity contribution < 1.29 is 5.11 Å². The van der Waals surface area contributed by atoms with Crippen LogP contribution in [0.1, 0.15) is 60.3 Å². The van der Waals surface area contributed by atoms with Crippen molar-refractivity contribution in [3.63, 3.8) is 0 Å². The molecule has 2 rings (SSSR count). The summed E-state index contributed by atoms with van der Waals surface area (Å²) < 4.78 is 0. The van der Waals surface area contributed by atoms with Crippen molar-refractivity contribution in [1.82, 2.24) is 0 Å². The molecule has 0 bridgehead atoms. The van der Waals surface area contributed by atoms with E-state index in [0.717, 1.165) is 0 Å². The molecular weight excluding hydrogens is 220 g/mol. The van der Waals surface area contributed by atoms with Crippen LogP contribution in [0.25, 0.3) is 0 Å². The highest BCUT2D eigenvalue weighted by atomic mass is 16.2. The SMILES string of the molecule is CC1=C(C[C@@H]2C(/C=C/O)C2(C)C)C(C)(C)CCC1. The molecule has 0 heterocycles. The van der Waals surface area contributed by atoms with Crippen LogP contribution in [0, 0.1) is 22.7 Å².